The number of pyridine rings is 1. The highest BCUT2D eigenvalue weighted by atomic mass is 15.1. The van der Waals surface area contributed by atoms with Crippen LogP contribution in [0.25, 0.3) is 22.2 Å². The van der Waals surface area contributed by atoms with Crippen molar-refractivity contribution < 1.29 is 0 Å². The molecule has 0 aliphatic carbocycles. The van der Waals surface area contributed by atoms with E-state index in [9.17, 15) is 0 Å². The van der Waals surface area contributed by atoms with Gasteiger partial charge in [-0.1, -0.05) is 42.5 Å². The Kier molecular flexibility index (Phi) is 2.82. The second-order valence-corrected chi connectivity index (χ2v) is 5.04. The van der Waals surface area contributed by atoms with E-state index in [4.69, 9.17) is 0 Å². The average molecular weight is 273 g/mol. The maximum absolute atomic E-state index is 4.09. The van der Waals surface area contributed by atoms with Crippen molar-refractivity contribution >= 4 is 22.2 Å². The van der Waals surface area contributed by atoms with Gasteiger partial charge >= 0.3 is 0 Å². The molecule has 2 aromatic carbocycles. The fourth-order valence-corrected chi connectivity index (χ4v) is 2.84. The summed E-state index contributed by atoms with van der Waals surface area (Å²) in [4.78, 5) is 4.09. The highest BCUT2D eigenvalue weighted by Gasteiger charge is 2.18. The van der Waals surface area contributed by atoms with Gasteiger partial charge in [0, 0.05) is 23.5 Å². The molecule has 1 aromatic heterocycles. The van der Waals surface area contributed by atoms with Gasteiger partial charge in [0.2, 0.25) is 0 Å². The van der Waals surface area contributed by atoms with E-state index < -0.39 is 0 Å². The molecule has 3 aromatic rings. The lowest BCUT2D eigenvalue weighted by Gasteiger charge is -2.10. The molecular formula is C18H15N3. The second kappa shape index (κ2) is 4.94. The van der Waals surface area contributed by atoms with E-state index in [1.807, 2.05) is 24.5 Å². The monoisotopic (exact) mass is 273 g/mol. The van der Waals surface area contributed by atoms with Crippen LogP contribution in [0.3, 0.4) is 0 Å². The fraction of sp³-hybridized carbons (Fsp3) is 0.0556. The Morgan fingerprint density at radius 3 is 2.43 bits per heavy atom. The summed E-state index contributed by atoms with van der Waals surface area (Å²) >= 11 is 0. The zero-order valence-corrected chi connectivity index (χ0v) is 11.5. The van der Waals surface area contributed by atoms with Crippen LogP contribution in [0.4, 0.5) is 0 Å². The Balaban J connectivity index is 1.95. The third kappa shape index (κ3) is 2.03. The zero-order chi connectivity index (χ0) is 14.1. The van der Waals surface area contributed by atoms with Crippen molar-refractivity contribution in [1.82, 2.24) is 15.6 Å². The summed E-state index contributed by atoms with van der Waals surface area (Å²) in [6, 6.07) is 18.9. The van der Waals surface area contributed by atoms with Gasteiger partial charge in [-0.15, -0.1) is 0 Å². The quantitative estimate of drug-likeness (QED) is 0.753. The minimum Gasteiger partial charge on any atom is -0.366 e. The first kappa shape index (κ1) is 12.0. The number of hydrogen-bond acceptors (Lipinski definition) is 3. The third-order valence-electron chi connectivity index (χ3n) is 3.81. The standard InChI is InChI=1S/C18H15N3/c1-2-6-15-13(4-1)5-3-7-16(15)18-17(20-12-21-18)14-8-10-19-11-9-14/h1-11,20-21H,12H2. The van der Waals surface area contributed by atoms with Gasteiger partial charge in [-0.25, -0.2) is 0 Å². The molecule has 0 fully saturated rings. The van der Waals surface area contributed by atoms with E-state index in [2.05, 4.69) is 58.1 Å². The van der Waals surface area contributed by atoms with Gasteiger partial charge in [-0.05, 0) is 22.9 Å². The van der Waals surface area contributed by atoms with Crippen LogP contribution in [-0.4, -0.2) is 11.7 Å². The summed E-state index contributed by atoms with van der Waals surface area (Å²) in [5.74, 6) is 0. The van der Waals surface area contributed by atoms with Crippen LogP contribution in [-0.2, 0) is 0 Å². The smallest absolute Gasteiger partial charge is 0.0851 e. The van der Waals surface area contributed by atoms with Gasteiger partial charge in [0.15, 0.2) is 0 Å². The summed E-state index contributed by atoms with van der Waals surface area (Å²) in [5, 5.41) is 9.41. The van der Waals surface area contributed by atoms with E-state index in [-0.39, 0.29) is 0 Å². The summed E-state index contributed by atoms with van der Waals surface area (Å²) < 4.78 is 0. The molecule has 0 unspecified atom stereocenters. The SMILES string of the molecule is c1ccc2c(C3=C(c4ccncc4)NCN3)cccc2c1. The highest BCUT2D eigenvalue weighted by molar-refractivity contribution is 6.01. The van der Waals surface area contributed by atoms with Crippen molar-refractivity contribution in [3.63, 3.8) is 0 Å². The molecule has 2 heterocycles. The summed E-state index contributed by atoms with van der Waals surface area (Å²) in [6.07, 6.45) is 3.64. The first-order valence-electron chi connectivity index (χ1n) is 7.04. The van der Waals surface area contributed by atoms with E-state index in [0.717, 1.165) is 23.6 Å². The lowest BCUT2D eigenvalue weighted by atomic mass is 10.00. The number of nitrogens with one attached hydrogen (secondary N) is 2. The van der Waals surface area contributed by atoms with Crippen LogP contribution < -0.4 is 10.6 Å². The molecule has 102 valence electrons. The Morgan fingerprint density at radius 1 is 0.762 bits per heavy atom. The number of hydrogen-bond donors (Lipinski definition) is 2. The molecule has 2 N–H and O–H groups in total. The summed E-state index contributed by atoms with van der Waals surface area (Å²) in [6.45, 7) is 0.746. The van der Waals surface area contributed by atoms with E-state index in [1.54, 1.807) is 0 Å². The molecule has 1 aliphatic rings. The molecule has 1 aliphatic heterocycles. The number of fused-ring (bicyclic) bond motifs is 1. The number of aromatic nitrogens is 1. The predicted molar refractivity (Wildman–Crippen MR) is 86.1 cm³/mol. The van der Waals surface area contributed by atoms with Gasteiger partial charge < -0.3 is 10.6 Å². The van der Waals surface area contributed by atoms with Crippen molar-refractivity contribution in [1.29, 1.82) is 0 Å². The van der Waals surface area contributed by atoms with Crippen molar-refractivity contribution in [2.24, 2.45) is 0 Å². The average Bonchev–Trinajstić information content (AvgIpc) is 3.04. The minimum atomic E-state index is 0.746. The maximum Gasteiger partial charge on any atom is 0.0851 e. The molecule has 0 atom stereocenters. The fourth-order valence-electron chi connectivity index (χ4n) is 2.84. The predicted octanol–water partition coefficient (Wildman–Crippen LogP) is 3.21. The number of nitrogens with zero attached hydrogens (tertiary/aromatic N) is 1. The van der Waals surface area contributed by atoms with Crippen molar-refractivity contribution in [3.8, 4) is 0 Å². The maximum atomic E-state index is 4.09. The molecule has 4 rings (SSSR count). The van der Waals surface area contributed by atoms with Gasteiger partial charge in [-0.2, -0.15) is 0 Å². The molecule has 0 saturated carbocycles. The molecule has 0 spiro atoms. The van der Waals surface area contributed by atoms with Crippen molar-refractivity contribution in [3.05, 3.63) is 78.1 Å². The zero-order valence-electron chi connectivity index (χ0n) is 11.5. The normalized spacial score (nSPS) is 14.1. The molecule has 21 heavy (non-hydrogen) atoms. The molecule has 0 bridgehead atoms. The van der Waals surface area contributed by atoms with Crippen molar-refractivity contribution in [2.45, 2.75) is 0 Å². The Bertz CT molecular complexity index is 817. The van der Waals surface area contributed by atoms with Gasteiger partial charge in [0.1, 0.15) is 0 Å². The molecule has 0 saturated heterocycles. The van der Waals surface area contributed by atoms with Crippen molar-refractivity contribution in [2.75, 3.05) is 6.67 Å². The number of benzene rings is 2. The Morgan fingerprint density at radius 2 is 1.52 bits per heavy atom. The minimum absolute atomic E-state index is 0.746. The van der Waals surface area contributed by atoms with Crippen LogP contribution in [0, 0.1) is 0 Å². The van der Waals surface area contributed by atoms with Crippen LogP contribution in [0.1, 0.15) is 11.1 Å². The topological polar surface area (TPSA) is 37.0 Å². The molecule has 3 heteroatoms. The third-order valence-corrected chi connectivity index (χ3v) is 3.81. The van der Waals surface area contributed by atoms with Crippen LogP contribution in [0.15, 0.2) is 67.0 Å². The lowest BCUT2D eigenvalue weighted by molar-refractivity contribution is 0.851. The van der Waals surface area contributed by atoms with E-state index in [0.29, 0.717) is 0 Å². The first-order chi connectivity index (χ1) is 10.4. The molecule has 3 nitrogen and oxygen atoms in total. The summed E-state index contributed by atoms with van der Waals surface area (Å²) in [5.41, 5.74) is 4.66. The molecule has 0 radical (unpaired) electrons. The van der Waals surface area contributed by atoms with Crippen LogP contribution in [0.5, 0.6) is 0 Å². The first-order valence-corrected chi connectivity index (χ1v) is 7.04. The second-order valence-electron chi connectivity index (χ2n) is 5.04. The van der Waals surface area contributed by atoms with Gasteiger partial charge in [0.05, 0.1) is 18.1 Å². The molecular weight excluding hydrogens is 258 g/mol. The largest absolute Gasteiger partial charge is 0.366 e. The van der Waals surface area contributed by atoms with E-state index in [1.165, 1.54) is 16.3 Å². The van der Waals surface area contributed by atoms with Crippen LogP contribution >= 0.6 is 0 Å². The molecule has 0 amide bonds. The van der Waals surface area contributed by atoms with E-state index >= 15 is 0 Å². The van der Waals surface area contributed by atoms with Gasteiger partial charge in [-0.3, -0.25) is 4.98 Å². The van der Waals surface area contributed by atoms with Crippen LogP contribution in [0.2, 0.25) is 0 Å². The van der Waals surface area contributed by atoms with Gasteiger partial charge in [0.25, 0.3) is 0 Å². The summed E-state index contributed by atoms with van der Waals surface area (Å²) in [7, 11) is 0. The highest BCUT2D eigenvalue weighted by Crippen LogP contribution is 2.30. The number of rotatable bonds is 2. The Hall–Kier alpha value is -2.81. The lowest BCUT2D eigenvalue weighted by Crippen LogP contribution is -2.14. The Labute approximate surface area is 123 Å².